The molecule has 4 rings (SSSR count). The summed E-state index contributed by atoms with van der Waals surface area (Å²) < 4.78 is 56.8. The van der Waals surface area contributed by atoms with Crippen LogP contribution in [0.15, 0.2) is 53.9 Å². The van der Waals surface area contributed by atoms with Crippen molar-refractivity contribution in [1.82, 2.24) is 15.0 Å². The average molecular weight is 425 g/mol. The number of nitrogens with one attached hydrogen (secondary N) is 1. The standard InChI is InChI=1S/C20H11F4N7/c21-14-12(15(22)17(24)18(16(14)23)30-31-25)9-27-20-11-5-1-2-6-13(11)28-19(29-20)10-4-3-7-26-8-10/h1-8H,9H2,(H,27,28,29). The van der Waals surface area contributed by atoms with Crippen LogP contribution in [0.3, 0.4) is 0 Å². The van der Waals surface area contributed by atoms with Crippen LogP contribution in [0.5, 0.6) is 0 Å². The van der Waals surface area contributed by atoms with Gasteiger partial charge < -0.3 is 5.32 Å². The van der Waals surface area contributed by atoms with E-state index in [0.717, 1.165) is 0 Å². The lowest BCUT2D eigenvalue weighted by molar-refractivity contribution is 0.444. The van der Waals surface area contributed by atoms with Crippen molar-refractivity contribution in [2.24, 2.45) is 5.11 Å². The molecule has 31 heavy (non-hydrogen) atoms. The molecule has 2 aromatic carbocycles. The normalized spacial score (nSPS) is 10.7. The van der Waals surface area contributed by atoms with E-state index >= 15 is 0 Å². The van der Waals surface area contributed by atoms with Gasteiger partial charge in [0.15, 0.2) is 29.1 Å². The molecule has 0 radical (unpaired) electrons. The summed E-state index contributed by atoms with van der Waals surface area (Å²) in [5.74, 6) is -6.40. The van der Waals surface area contributed by atoms with Crippen LogP contribution >= 0.6 is 0 Å². The molecular formula is C20H11F4N7. The van der Waals surface area contributed by atoms with Gasteiger partial charge in [-0.05, 0) is 29.8 Å². The minimum Gasteiger partial charge on any atom is -0.365 e. The van der Waals surface area contributed by atoms with Crippen LogP contribution in [0.1, 0.15) is 5.56 Å². The number of azide groups is 1. The number of para-hydroxylation sites is 1. The fourth-order valence-electron chi connectivity index (χ4n) is 2.96. The summed E-state index contributed by atoms with van der Waals surface area (Å²) in [6.07, 6.45) is 3.13. The molecule has 4 aromatic rings. The number of aromatic nitrogens is 3. The van der Waals surface area contributed by atoms with Crippen molar-refractivity contribution in [2.45, 2.75) is 6.54 Å². The van der Waals surface area contributed by atoms with E-state index in [1.807, 2.05) is 0 Å². The number of benzene rings is 2. The predicted octanol–water partition coefficient (Wildman–Crippen LogP) is 5.80. The van der Waals surface area contributed by atoms with Crippen LogP contribution in [0, 0.1) is 23.3 Å². The van der Waals surface area contributed by atoms with Gasteiger partial charge in [0.25, 0.3) is 0 Å². The highest BCUT2D eigenvalue weighted by atomic mass is 19.2. The van der Waals surface area contributed by atoms with Crippen molar-refractivity contribution < 1.29 is 17.6 Å². The molecule has 2 heterocycles. The zero-order valence-electron chi connectivity index (χ0n) is 15.5. The van der Waals surface area contributed by atoms with Crippen LogP contribution in [-0.2, 0) is 6.54 Å². The van der Waals surface area contributed by atoms with Crippen LogP contribution in [0.4, 0.5) is 29.1 Å². The van der Waals surface area contributed by atoms with Crippen LogP contribution in [0.2, 0.25) is 0 Å². The summed E-state index contributed by atoms with van der Waals surface area (Å²) >= 11 is 0. The molecule has 11 heteroatoms. The van der Waals surface area contributed by atoms with E-state index in [0.29, 0.717) is 22.3 Å². The number of hydrogen-bond acceptors (Lipinski definition) is 5. The third-order valence-electron chi connectivity index (χ3n) is 4.43. The van der Waals surface area contributed by atoms with Gasteiger partial charge in [0, 0.05) is 40.4 Å². The maximum Gasteiger partial charge on any atom is 0.171 e. The molecule has 0 aliphatic rings. The Morgan fingerprint density at radius 1 is 0.935 bits per heavy atom. The number of rotatable bonds is 5. The predicted molar refractivity (Wildman–Crippen MR) is 105 cm³/mol. The highest BCUT2D eigenvalue weighted by Gasteiger charge is 2.25. The Labute approximate surface area is 172 Å². The second kappa shape index (κ2) is 8.25. The van der Waals surface area contributed by atoms with Crippen molar-refractivity contribution in [1.29, 1.82) is 0 Å². The molecule has 0 unspecified atom stereocenters. The first-order valence-corrected chi connectivity index (χ1v) is 8.82. The van der Waals surface area contributed by atoms with Crippen LogP contribution in [-0.4, -0.2) is 15.0 Å². The van der Waals surface area contributed by atoms with Crippen molar-refractivity contribution >= 4 is 22.4 Å². The van der Waals surface area contributed by atoms with E-state index in [1.54, 1.807) is 48.8 Å². The molecule has 0 aliphatic carbocycles. The Balaban J connectivity index is 1.77. The highest BCUT2D eigenvalue weighted by Crippen LogP contribution is 2.31. The third-order valence-corrected chi connectivity index (χ3v) is 4.43. The third kappa shape index (κ3) is 3.69. The summed E-state index contributed by atoms with van der Waals surface area (Å²) in [6, 6.07) is 10.3. The smallest absolute Gasteiger partial charge is 0.171 e. The number of hydrogen-bond donors (Lipinski definition) is 1. The van der Waals surface area contributed by atoms with E-state index in [9.17, 15) is 17.6 Å². The Hall–Kier alpha value is -4.24. The molecule has 0 amide bonds. The quantitative estimate of drug-likeness (QED) is 0.144. The number of nitrogens with zero attached hydrogens (tertiary/aromatic N) is 6. The molecular weight excluding hydrogens is 414 g/mol. The van der Waals surface area contributed by atoms with Crippen molar-refractivity contribution in [3.8, 4) is 11.4 Å². The van der Waals surface area contributed by atoms with Gasteiger partial charge in [0.2, 0.25) is 0 Å². The van der Waals surface area contributed by atoms with E-state index < -0.39 is 41.1 Å². The average Bonchev–Trinajstić information content (AvgIpc) is 2.81. The van der Waals surface area contributed by atoms with E-state index in [-0.39, 0.29) is 5.82 Å². The maximum atomic E-state index is 14.3. The Morgan fingerprint density at radius 2 is 1.68 bits per heavy atom. The topological polar surface area (TPSA) is 99.5 Å². The fourth-order valence-corrected chi connectivity index (χ4v) is 2.96. The number of fused-ring (bicyclic) bond motifs is 1. The first-order valence-electron chi connectivity index (χ1n) is 8.82. The molecule has 154 valence electrons. The molecule has 0 atom stereocenters. The minimum absolute atomic E-state index is 0.197. The fraction of sp³-hybridized carbons (Fsp3) is 0.0500. The summed E-state index contributed by atoms with van der Waals surface area (Å²) in [7, 11) is 0. The van der Waals surface area contributed by atoms with Gasteiger partial charge in [-0.15, -0.1) is 0 Å². The highest BCUT2D eigenvalue weighted by molar-refractivity contribution is 5.90. The number of pyridine rings is 1. The molecule has 2 aromatic heterocycles. The van der Waals surface area contributed by atoms with Crippen molar-refractivity contribution in [3.63, 3.8) is 0 Å². The minimum atomic E-state index is -1.78. The number of halogens is 4. The maximum absolute atomic E-state index is 14.3. The molecule has 0 saturated heterocycles. The van der Waals surface area contributed by atoms with Crippen molar-refractivity contribution in [3.05, 3.63) is 88.1 Å². The van der Waals surface area contributed by atoms with Gasteiger partial charge in [-0.1, -0.05) is 17.2 Å². The summed E-state index contributed by atoms with van der Waals surface area (Å²) in [6.45, 7) is -0.629. The van der Waals surface area contributed by atoms with Gasteiger partial charge in [-0.2, -0.15) is 0 Å². The SMILES string of the molecule is [N-]=[N+]=Nc1c(F)c(F)c(CNc2nc(-c3cccnc3)nc3ccccc23)c(F)c1F. The van der Waals surface area contributed by atoms with Crippen LogP contribution < -0.4 is 5.32 Å². The number of anilines is 1. The van der Waals surface area contributed by atoms with Gasteiger partial charge in [-0.25, -0.2) is 27.5 Å². The molecule has 0 spiro atoms. The second-order valence-corrected chi connectivity index (χ2v) is 6.28. The summed E-state index contributed by atoms with van der Waals surface area (Å²) in [5.41, 5.74) is 7.21. The molecule has 7 nitrogen and oxygen atoms in total. The summed E-state index contributed by atoms with van der Waals surface area (Å²) in [5, 5.41) is 5.92. The molecule has 0 bridgehead atoms. The first-order chi connectivity index (χ1) is 15.0. The van der Waals surface area contributed by atoms with Crippen LogP contribution in [0.25, 0.3) is 32.7 Å². The first kappa shape index (κ1) is 20.0. The van der Waals surface area contributed by atoms with Crippen molar-refractivity contribution in [2.75, 3.05) is 5.32 Å². The Morgan fingerprint density at radius 3 is 2.35 bits per heavy atom. The van der Waals surface area contributed by atoms with Gasteiger partial charge >= 0.3 is 0 Å². The van der Waals surface area contributed by atoms with E-state index in [1.165, 1.54) is 0 Å². The zero-order chi connectivity index (χ0) is 22.0. The molecule has 0 aliphatic heterocycles. The Bertz CT molecular complexity index is 1310. The van der Waals surface area contributed by atoms with E-state index in [2.05, 4.69) is 30.3 Å². The monoisotopic (exact) mass is 425 g/mol. The lowest BCUT2D eigenvalue weighted by Gasteiger charge is -2.13. The lowest BCUT2D eigenvalue weighted by Crippen LogP contribution is -2.10. The largest absolute Gasteiger partial charge is 0.365 e. The lowest BCUT2D eigenvalue weighted by atomic mass is 10.1. The second-order valence-electron chi connectivity index (χ2n) is 6.28. The summed E-state index contributed by atoms with van der Waals surface area (Å²) in [4.78, 5) is 15.0. The zero-order valence-corrected chi connectivity index (χ0v) is 15.5. The molecule has 0 saturated carbocycles. The van der Waals surface area contributed by atoms with E-state index in [4.69, 9.17) is 5.53 Å². The van der Waals surface area contributed by atoms with Gasteiger partial charge in [0.05, 0.1) is 5.52 Å². The van der Waals surface area contributed by atoms with Gasteiger partial charge in [0.1, 0.15) is 11.5 Å². The Kier molecular flexibility index (Phi) is 5.33. The molecule has 0 fully saturated rings. The van der Waals surface area contributed by atoms with Gasteiger partial charge in [-0.3, -0.25) is 4.98 Å². The molecule has 1 N–H and O–H groups in total.